The van der Waals surface area contributed by atoms with Crippen molar-refractivity contribution in [2.45, 2.75) is 57.6 Å². The normalized spacial score (nSPS) is 18.7. The highest BCUT2D eigenvalue weighted by Crippen LogP contribution is 2.28. The average Bonchev–Trinajstić information content (AvgIpc) is 2.75. The number of carbonyl (C=O) groups is 1. The Balaban J connectivity index is 0.00000320. The van der Waals surface area contributed by atoms with Gasteiger partial charge in [-0.3, -0.25) is 9.78 Å². The van der Waals surface area contributed by atoms with Crippen molar-refractivity contribution in [3.63, 3.8) is 0 Å². The zero-order valence-corrected chi connectivity index (χ0v) is 17.0. The number of nitrogens with one attached hydrogen (secondary N) is 1. The predicted octanol–water partition coefficient (Wildman–Crippen LogP) is 3.85. The highest BCUT2D eigenvalue weighted by atomic mass is 16.5. The molecule has 1 N–H and O–H groups in total. The van der Waals surface area contributed by atoms with Crippen LogP contribution in [0.2, 0.25) is 0 Å². The number of nitrogens with zero attached hydrogens (tertiary/aromatic N) is 3. The van der Waals surface area contributed by atoms with E-state index in [4.69, 9.17) is 14.7 Å². The number of methoxy groups -OCH3 is 1. The van der Waals surface area contributed by atoms with Gasteiger partial charge in [0.05, 0.1) is 30.7 Å². The second-order valence-electron chi connectivity index (χ2n) is 7.52. The van der Waals surface area contributed by atoms with Gasteiger partial charge in [0, 0.05) is 19.7 Å². The molecular formula is C22H28N4O3. The maximum atomic E-state index is 12.4. The molecule has 0 bridgehead atoms. The molecule has 0 saturated heterocycles. The van der Waals surface area contributed by atoms with Gasteiger partial charge < -0.3 is 14.8 Å². The summed E-state index contributed by atoms with van der Waals surface area (Å²) in [5, 5.41) is 12.1. The van der Waals surface area contributed by atoms with E-state index >= 15 is 0 Å². The van der Waals surface area contributed by atoms with Gasteiger partial charge in [-0.25, -0.2) is 4.98 Å². The Morgan fingerprint density at radius 3 is 2.59 bits per heavy atom. The molecule has 1 aliphatic carbocycles. The van der Waals surface area contributed by atoms with Crippen LogP contribution in [0.3, 0.4) is 0 Å². The van der Waals surface area contributed by atoms with Gasteiger partial charge >= 0.3 is 0 Å². The number of benzene rings is 1. The smallest absolute Gasteiger partial charge is 0.271 e. The molecule has 0 radical (unpaired) electrons. The fourth-order valence-corrected chi connectivity index (χ4v) is 3.37. The SMILES string of the molecule is COc1cc(OC2CCC(NC(=O)c3cnc(C(C)C)cn3)CC2)ccc1C#N.[HH]. The van der Waals surface area contributed by atoms with E-state index in [9.17, 15) is 4.79 Å². The molecule has 0 unspecified atom stereocenters. The molecule has 1 aromatic carbocycles. The van der Waals surface area contributed by atoms with Gasteiger partial charge in [-0.15, -0.1) is 0 Å². The van der Waals surface area contributed by atoms with Gasteiger partial charge in [0.25, 0.3) is 5.91 Å². The highest BCUT2D eigenvalue weighted by Gasteiger charge is 2.24. The van der Waals surface area contributed by atoms with Gasteiger partial charge in [-0.05, 0) is 43.7 Å². The minimum atomic E-state index is -0.186. The van der Waals surface area contributed by atoms with Gasteiger partial charge in [-0.1, -0.05) is 13.8 Å². The molecular weight excluding hydrogens is 368 g/mol. The zero-order valence-electron chi connectivity index (χ0n) is 17.0. The Kier molecular flexibility index (Phi) is 6.65. The summed E-state index contributed by atoms with van der Waals surface area (Å²) in [6, 6.07) is 7.42. The molecule has 1 aromatic heterocycles. The quantitative estimate of drug-likeness (QED) is 0.797. The van der Waals surface area contributed by atoms with Crippen LogP contribution in [0.1, 0.15) is 68.6 Å². The summed E-state index contributed by atoms with van der Waals surface area (Å²) < 4.78 is 11.3. The Bertz CT molecular complexity index is 888. The minimum Gasteiger partial charge on any atom is -0.495 e. The van der Waals surface area contributed by atoms with E-state index in [0.29, 0.717) is 22.8 Å². The third kappa shape index (κ3) is 5.23. The van der Waals surface area contributed by atoms with Gasteiger partial charge in [0.15, 0.2) is 0 Å². The molecule has 1 aliphatic rings. The molecule has 154 valence electrons. The van der Waals surface area contributed by atoms with Crippen LogP contribution in [0.25, 0.3) is 0 Å². The van der Waals surface area contributed by atoms with Crippen LogP contribution < -0.4 is 14.8 Å². The lowest BCUT2D eigenvalue weighted by Gasteiger charge is -2.29. The van der Waals surface area contributed by atoms with Crippen LogP contribution in [-0.4, -0.2) is 35.1 Å². The molecule has 2 aromatic rings. The van der Waals surface area contributed by atoms with Crippen LogP contribution in [-0.2, 0) is 0 Å². The maximum Gasteiger partial charge on any atom is 0.271 e. The van der Waals surface area contributed by atoms with Crippen molar-refractivity contribution < 1.29 is 15.7 Å². The molecule has 1 fully saturated rings. The van der Waals surface area contributed by atoms with Crippen LogP contribution in [0, 0.1) is 11.3 Å². The molecule has 3 rings (SSSR count). The van der Waals surface area contributed by atoms with E-state index in [2.05, 4.69) is 21.4 Å². The number of nitriles is 1. The molecule has 1 heterocycles. The summed E-state index contributed by atoms with van der Waals surface area (Å²) in [6.07, 6.45) is 6.62. The topological polar surface area (TPSA) is 97.1 Å². The van der Waals surface area contributed by atoms with Crippen LogP contribution in [0.5, 0.6) is 11.5 Å². The van der Waals surface area contributed by atoms with Crippen LogP contribution >= 0.6 is 0 Å². The van der Waals surface area contributed by atoms with Crippen molar-refractivity contribution >= 4 is 5.91 Å². The lowest BCUT2D eigenvalue weighted by Crippen LogP contribution is -2.40. The van der Waals surface area contributed by atoms with Crippen molar-refractivity contribution in [1.29, 1.82) is 5.26 Å². The fourth-order valence-electron chi connectivity index (χ4n) is 3.37. The maximum absolute atomic E-state index is 12.4. The van der Waals surface area contributed by atoms with E-state index in [1.54, 1.807) is 24.4 Å². The first-order valence-corrected chi connectivity index (χ1v) is 9.87. The third-order valence-electron chi connectivity index (χ3n) is 5.10. The number of aromatic nitrogens is 2. The fraction of sp³-hybridized carbons (Fsp3) is 0.455. The standard InChI is InChI=1S/C22H26N4O3.H2/c1-14(2)19-12-25-20(13-24-19)22(27)26-16-5-8-17(9-6-16)29-18-7-4-15(11-23)21(10-18)28-3;/h4,7,10,12-14,16-17H,5-6,8-9H2,1-3H3,(H,26,27);1H. The number of hydrogen-bond acceptors (Lipinski definition) is 6. The number of ether oxygens (including phenoxy) is 2. The van der Waals surface area contributed by atoms with Crippen molar-refractivity contribution in [3.8, 4) is 17.6 Å². The third-order valence-corrected chi connectivity index (χ3v) is 5.10. The van der Waals surface area contributed by atoms with E-state index in [-0.39, 0.29) is 25.4 Å². The average molecular weight is 396 g/mol. The number of hydrogen-bond donors (Lipinski definition) is 1. The number of carbonyl (C=O) groups excluding carboxylic acids is 1. The minimum absolute atomic E-state index is 0. The van der Waals surface area contributed by atoms with Gasteiger partial charge in [-0.2, -0.15) is 5.26 Å². The van der Waals surface area contributed by atoms with Crippen LogP contribution in [0.4, 0.5) is 0 Å². The summed E-state index contributed by atoms with van der Waals surface area (Å²) in [4.78, 5) is 20.9. The van der Waals surface area contributed by atoms with Gasteiger partial charge in [0.1, 0.15) is 23.3 Å². The first-order chi connectivity index (χ1) is 14.0. The summed E-state index contributed by atoms with van der Waals surface area (Å²) in [5.41, 5.74) is 1.70. The highest BCUT2D eigenvalue weighted by molar-refractivity contribution is 5.92. The van der Waals surface area contributed by atoms with Gasteiger partial charge in [0.2, 0.25) is 0 Å². The molecule has 7 nitrogen and oxygen atoms in total. The summed E-state index contributed by atoms with van der Waals surface area (Å²) >= 11 is 0. The molecule has 0 atom stereocenters. The van der Waals surface area contributed by atoms with E-state index in [1.165, 1.54) is 13.3 Å². The summed E-state index contributed by atoms with van der Waals surface area (Å²) in [6.45, 7) is 4.08. The van der Waals surface area contributed by atoms with E-state index in [0.717, 1.165) is 31.4 Å². The predicted molar refractivity (Wildman–Crippen MR) is 110 cm³/mol. The Morgan fingerprint density at radius 2 is 2.00 bits per heavy atom. The van der Waals surface area contributed by atoms with E-state index < -0.39 is 0 Å². The first kappa shape index (κ1) is 20.6. The zero-order chi connectivity index (χ0) is 20.8. The number of amides is 1. The molecule has 1 saturated carbocycles. The lowest BCUT2D eigenvalue weighted by atomic mass is 9.93. The van der Waals surface area contributed by atoms with Crippen molar-refractivity contribution in [2.24, 2.45) is 0 Å². The molecule has 7 heteroatoms. The molecule has 1 amide bonds. The molecule has 0 aliphatic heterocycles. The monoisotopic (exact) mass is 396 g/mol. The Hall–Kier alpha value is -3.14. The van der Waals surface area contributed by atoms with Crippen molar-refractivity contribution in [2.75, 3.05) is 7.11 Å². The molecule has 0 spiro atoms. The number of rotatable bonds is 6. The second-order valence-corrected chi connectivity index (χ2v) is 7.52. The van der Waals surface area contributed by atoms with Crippen molar-refractivity contribution in [1.82, 2.24) is 15.3 Å². The molecule has 29 heavy (non-hydrogen) atoms. The first-order valence-electron chi connectivity index (χ1n) is 9.87. The van der Waals surface area contributed by atoms with Crippen LogP contribution in [0.15, 0.2) is 30.6 Å². The van der Waals surface area contributed by atoms with E-state index in [1.807, 2.05) is 13.8 Å². The second kappa shape index (κ2) is 9.37. The Labute approximate surface area is 172 Å². The summed E-state index contributed by atoms with van der Waals surface area (Å²) in [7, 11) is 1.54. The lowest BCUT2D eigenvalue weighted by molar-refractivity contribution is 0.0888. The Morgan fingerprint density at radius 1 is 1.24 bits per heavy atom. The summed E-state index contributed by atoms with van der Waals surface area (Å²) in [5.74, 6) is 1.30. The largest absolute Gasteiger partial charge is 0.495 e. The van der Waals surface area contributed by atoms with Crippen molar-refractivity contribution in [3.05, 3.63) is 47.5 Å².